The van der Waals surface area contributed by atoms with Crippen LogP contribution in [0.5, 0.6) is 0 Å². The molecule has 0 radical (unpaired) electrons. The summed E-state index contributed by atoms with van der Waals surface area (Å²) < 4.78 is 5.18. The van der Waals surface area contributed by atoms with E-state index in [2.05, 4.69) is 6.92 Å². The second-order valence-electron chi connectivity index (χ2n) is 5.13. The minimum atomic E-state index is -0.248. The van der Waals surface area contributed by atoms with Crippen molar-refractivity contribution < 1.29 is 9.53 Å². The maximum absolute atomic E-state index is 11.6. The van der Waals surface area contributed by atoms with Gasteiger partial charge in [0.1, 0.15) is 0 Å². The van der Waals surface area contributed by atoms with Crippen molar-refractivity contribution in [1.82, 2.24) is 0 Å². The zero-order valence-electron chi connectivity index (χ0n) is 12.7. The third-order valence-electron chi connectivity index (χ3n) is 3.33. The maximum Gasteiger partial charge on any atom is 0.330 e. The van der Waals surface area contributed by atoms with Gasteiger partial charge in [-0.25, -0.2) is 4.79 Å². The highest BCUT2D eigenvalue weighted by Gasteiger charge is 1.98. The SMILES string of the molecule is CCCCCCCCOC(=O)/C=C/c1ccccc1C. The van der Waals surface area contributed by atoms with E-state index in [1.807, 2.05) is 37.3 Å². The predicted octanol–water partition coefficient (Wildman–Crippen LogP) is 4.91. The van der Waals surface area contributed by atoms with Crippen LogP contribution in [-0.2, 0) is 9.53 Å². The fourth-order valence-corrected chi connectivity index (χ4v) is 2.03. The van der Waals surface area contributed by atoms with Gasteiger partial charge >= 0.3 is 5.97 Å². The molecule has 110 valence electrons. The summed E-state index contributed by atoms with van der Waals surface area (Å²) >= 11 is 0. The third kappa shape index (κ3) is 7.13. The van der Waals surface area contributed by atoms with E-state index in [1.165, 1.54) is 31.8 Å². The molecule has 2 heteroatoms. The molecule has 0 spiro atoms. The summed E-state index contributed by atoms with van der Waals surface area (Å²) in [5.41, 5.74) is 2.22. The Bertz CT molecular complexity index is 421. The molecule has 0 aliphatic carbocycles. The molecular weight excluding hydrogens is 248 g/mol. The highest BCUT2D eigenvalue weighted by Crippen LogP contribution is 2.09. The van der Waals surface area contributed by atoms with Crippen LogP contribution in [0.3, 0.4) is 0 Å². The lowest BCUT2D eigenvalue weighted by atomic mass is 10.1. The van der Waals surface area contributed by atoms with Crippen LogP contribution in [-0.4, -0.2) is 12.6 Å². The number of hydrogen-bond acceptors (Lipinski definition) is 2. The van der Waals surface area contributed by atoms with Crippen molar-refractivity contribution in [2.75, 3.05) is 6.61 Å². The minimum Gasteiger partial charge on any atom is -0.463 e. The van der Waals surface area contributed by atoms with Crippen molar-refractivity contribution in [2.24, 2.45) is 0 Å². The average Bonchev–Trinajstić information content (AvgIpc) is 2.45. The lowest BCUT2D eigenvalue weighted by Crippen LogP contribution is -2.02. The standard InChI is InChI=1S/C18H26O2/c1-3-4-5-6-7-10-15-20-18(19)14-13-17-12-9-8-11-16(17)2/h8-9,11-14H,3-7,10,15H2,1-2H3/b14-13+. The maximum atomic E-state index is 11.6. The number of carbonyl (C=O) groups is 1. The van der Waals surface area contributed by atoms with Crippen LogP contribution in [0.2, 0.25) is 0 Å². The van der Waals surface area contributed by atoms with Crippen LogP contribution >= 0.6 is 0 Å². The Kier molecular flexibility index (Phi) is 8.44. The fourth-order valence-electron chi connectivity index (χ4n) is 2.03. The van der Waals surface area contributed by atoms with Crippen LogP contribution in [0, 0.1) is 6.92 Å². The van der Waals surface area contributed by atoms with E-state index in [0.717, 1.165) is 24.0 Å². The number of hydrogen-bond donors (Lipinski definition) is 0. The van der Waals surface area contributed by atoms with Gasteiger partial charge in [0.2, 0.25) is 0 Å². The number of aryl methyl sites for hydroxylation is 1. The van der Waals surface area contributed by atoms with Crippen LogP contribution in [0.1, 0.15) is 56.6 Å². The Balaban J connectivity index is 2.16. The lowest BCUT2D eigenvalue weighted by Gasteiger charge is -2.02. The van der Waals surface area contributed by atoms with Gasteiger partial charge in [-0.2, -0.15) is 0 Å². The van der Waals surface area contributed by atoms with Crippen molar-refractivity contribution in [3.8, 4) is 0 Å². The number of carbonyl (C=O) groups excluding carboxylic acids is 1. The molecule has 1 rings (SSSR count). The van der Waals surface area contributed by atoms with Gasteiger partial charge in [-0.1, -0.05) is 63.3 Å². The average molecular weight is 274 g/mol. The number of unbranched alkanes of at least 4 members (excludes halogenated alkanes) is 5. The first-order chi connectivity index (χ1) is 9.74. The molecule has 0 heterocycles. The van der Waals surface area contributed by atoms with Crippen molar-refractivity contribution in [1.29, 1.82) is 0 Å². The Morgan fingerprint density at radius 1 is 1.10 bits per heavy atom. The molecule has 0 atom stereocenters. The summed E-state index contributed by atoms with van der Waals surface area (Å²) in [6.45, 7) is 4.77. The van der Waals surface area contributed by atoms with E-state index < -0.39 is 0 Å². The van der Waals surface area contributed by atoms with Crippen molar-refractivity contribution in [3.05, 3.63) is 41.5 Å². The molecule has 1 aromatic carbocycles. The van der Waals surface area contributed by atoms with Crippen LogP contribution in [0.4, 0.5) is 0 Å². The predicted molar refractivity (Wildman–Crippen MR) is 84.5 cm³/mol. The van der Waals surface area contributed by atoms with Gasteiger partial charge in [0.15, 0.2) is 0 Å². The van der Waals surface area contributed by atoms with Crippen molar-refractivity contribution in [3.63, 3.8) is 0 Å². The van der Waals surface area contributed by atoms with Gasteiger partial charge in [-0.3, -0.25) is 0 Å². The van der Waals surface area contributed by atoms with Gasteiger partial charge in [-0.15, -0.1) is 0 Å². The molecule has 0 bridgehead atoms. The first-order valence-corrected chi connectivity index (χ1v) is 7.64. The van der Waals surface area contributed by atoms with Gasteiger partial charge < -0.3 is 4.74 Å². The first kappa shape index (κ1) is 16.5. The largest absolute Gasteiger partial charge is 0.463 e. The molecule has 0 aliphatic heterocycles. The molecule has 0 fully saturated rings. The number of ether oxygens (including phenoxy) is 1. The monoisotopic (exact) mass is 274 g/mol. The number of benzene rings is 1. The smallest absolute Gasteiger partial charge is 0.330 e. The second kappa shape index (κ2) is 10.2. The molecule has 0 saturated carbocycles. The van der Waals surface area contributed by atoms with Gasteiger partial charge in [0.05, 0.1) is 6.61 Å². The van der Waals surface area contributed by atoms with E-state index in [4.69, 9.17) is 4.74 Å². The van der Waals surface area contributed by atoms with Gasteiger partial charge in [0, 0.05) is 6.08 Å². The summed E-state index contributed by atoms with van der Waals surface area (Å²) in [7, 11) is 0. The molecule has 0 aromatic heterocycles. The minimum absolute atomic E-state index is 0.248. The fraction of sp³-hybridized carbons (Fsp3) is 0.500. The molecule has 0 N–H and O–H groups in total. The van der Waals surface area contributed by atoms with Crippen LogP contribution < -0.4 is 0 Å². The van der Waals surface area contributed by atoms with Crippen molar-refractivity contribution >= 4 is 12.0 Å². The summed E-state index contributed by atoms with van der Waals surface area (Å²) in [5.74, 6) is -0.248. The highest BCUT2D eigenvalue weighted by molar-refractivity contribution is 5.87. The summed E-state index contributed by atoms with van der Waals surface area (Å²) in [6, 6.07) is 7.98. The molecule has 0 unspecified atom stereocenters. The first-order valence-electron chi connectivity index (χ1n) is 7.64. The zero-order chi connectivity index (χ0) is 14.6. The Morgan fingerprint density at radius 2 is 1.80 bits per heavy atom. The quantitative estimate of drug-likeness (QED) is 0.363. The Hall–Kier alpha value is -1.57. The van der Waals surface area contributed by atoms with E-state index >= 15 is 0 Å². The molecule has 0 amide bonds. The zero-order valence-corrected chi connectivity index (χ0v) is 12.7. The van der Waals surface area contributed by atoms with Gasteiger partial charge in [-0.05, 0) is 30.5 Å². The topological polar surface area (TPSA) is 26.3 Å². The van der Waals surface area contributed by atoms with Gasteiger partial charge in [0.25, 0.3) is 0 Å². The molecule has 20 heavy (non-hydrogen) atoms. The van der Waals surface area contributed by atoms with E-state index in [9.17, 15) is 4.79 Å². The van der Waals surface area contributed by atoms with E-state index in [0.29, 0.717) is 6.61 Å². The Morgan fingerprint density at radius 3 is 2.55 bits per heavy atom. The van der Waals surface area contributed by atoms with Crippen LogP contribution in [0.25, 0.3) is 6.08 Å². The molecule has 2 nitrogen and oxygen atoms in total. The normalized spacial score (nSPS) is 10.9. The molecule has 1 aromatic rings. The second-order valence-corrected chi connectivity index (χ2v) is 5.13. The summed E-state index contributed by atoms with van der Waals surface area (Å²) in [5, 5.41) is 0. The Labute approximate surface area is 122 Å². The third-order valence-corrected chi connectivity index (χ3v) is 3.33. The summed E-state index contributed by atoms with van der Waals surface area (Å²) in [6.07, 6.45) is 10.5. The van der Waals surface area contributed by atoms with E-state index in [1.54, 1.807) is 0 Å². The number of rotatable bonds is 9. The highest BCUT2D eigenvalue weighted by atomic mass is 16.5. The van der Waals surface area contributed by atoms with E-state index in [-0.39, 0.29) is 5.97 Å². The molecule has 0 aliphatic rings. The number of esters is 1. The summed E-state index contributed by atoms with van der Waals surface area (Å²) in [4.78, 5) is 11.6. The van der Waals surface area contributed by atoms with Crippen molar-refractivity contribution in [2.45, 2.75) is 52.4 Å². The van der Waals surface area contributed by atoms with Crippen LogP contribution in [0.15, 0.2) is 30.3 Å². The lowest BCUT2D eigenvalue weighted by molar-refractivity contribution is -0.137. The molecule has 0 saturated heterocycles. The molecular formula is C18H26O2.